The molecule has 3 aromatic carbocycles. The van der Waals surface area contributed by atoms with Gasteiger partial charge in [0.15, 0.2) is 0 Å². The second-order valence-corrected chi connectivity index (χ2v) is 6.65. The van der Waals surface area contributed by atoms with Crippen LogP contribution in [0, 0.1) is 0 Å². The van der Waals surface area contributed by atoms with Crippen LogP contribution in [0.5, 0.6) is 5.75 Å². The summed E-state index contributed by atoms with van der Waals surface area (Å²) in [6.45, 7) is 0.633. The van der Waals surface area contributed by atoms with Crippen molar-refractivity contribution in [1.29, 1.82) is 0 Å². The van der Waals surface area contributed by atoms with Crippen molar-refractivity contribution in [1.82, 2.24) is 0 Å². The number of carbonyl (C=O) groups excluding carboxylic acids is 1. The molecule has 0 atom stereocenters. The summed E-state index contributed by atoms with van der Waals surface area (Å²) < 4.78 is 5.44. The maximum absolute atomic E-state index is 12.6. The molecule has 0 fully saturated rings. The Morgan fingerprint density at radius 2 is 1.68 bits per heavy atom. The Labute approximate surface area is 166 Å². The van der Waals surface area contributed by atoms with Gasteiger partial charge in [0.25, 0.3) is 5.91 Å². The lowest BCUT2D eigenvalue weighted by Crippen LogP contribution is -2.12. The average Bonchev–Trinajstić information content (AvgIpc) is 2.73. The highest BCUT2D eigenvalue weighted by Gasteiger charge is 2.11. The first-order valence-corrected chi connectivity index (χ1v) is 9.11. The molecule has 0 radical (unpaired) electrons. The van der Waals surface area contributed by atoms with E-state index in [1.165, 1.54) is 0 Å². The molecule has 0 saturated carbocycles. The molecule has 1 amide bonds. The molecular weight excluding hydrogens is 350 g/mol. The van der Waals surface area contributed by atoms with Crippen LogP contribution >= 0.6 is 0 Å². The molecule has 28 heavy (non-hydrogen) atoms. The fourth-order valence-electron chi connectivity index (χ4n) is 2.82. The Hall–Kier alpha value is -3.47. The molecule has 5 nitrogen and oxygen atoms in total. The molecule has 0 aliphatic heterocycles. The smallest absolute Gasteiger partial charge is 0.255 e. The summed E-state index contributed by atoms with van der Waals surface area (Å²) in [7, 11) is 5.66. The third kappa shape index (κ3) is 4.82. The number of para-hydroxylation sites is 1. The minimum atomic E-state index is -0.160. The minimum Gasteiger partial charge on any atom is -0.495 e. The van der Waals surface area contributed by atoms with Crippen LogP contribution in [0.25, 0.3) is 0 Å². The average molecular weight is 375 g/mol. The van der Waals surface area contributed by atoms with Gasteiger partial charge in [-0.3, -0.25) is 4.79 Å². The van der Waals surface area contributed by atoms with Gasteiger partial charge in [0.05, 0.1) is 12.8 Å². The van der Waals surface area contributed by atoms with Crippen molar-refractivity contribution in [3.05, 3.63) is 83.9 Å². The predicted molar refractivity (Wildman–Crippen MR) is 115 cm³/mol. The van der Waals surface area contributed by atoms with Gasteiger partial charge < -0.3 is 20.3 Å². The maximum atomic E-state index is 12.6. The molecule has 0 aromatic heterocycles. The lowest BCUT2D eigenvalue weighted by atomic mass is 10.1. The van der Waals surface area contributed by atoms with Crippen LogP contribution in [-0.2, 0) is 6.54 Å². The van der Waals surface area contributed by atoms with Gasteiger partial charge in [-0.25, -0.2) is 0 Å². The first-order chi connectivity index (χ1) is 13.6. The zero-order valence-electron chi connectivity index (χ0n) is 16.4. The molecule has 0 aliphatic carbocycles. The van der Waals surface area contributed by atoms with Crippen molar-refractivity contribution in [2.75, 3.05) is 36.7 Å². The Kier molecular flexibility index (Phi) is 6.17. The van der Waals surface area contributed by atoms with E-state index in [1.807, 2.05) is 50.5 Å². The van der Waals surface area contributed by atoms with Crippen molar-refractivity contribution in [2.45, 2.75) is 6.54 Å². The largest absolute Gasteiger partial charge is 0.495 e. The molecule has 3 aromatic rings. The van der Waals surface area contributed by atoms with E-state index in [2.05, 4.69) is 39.8 Å². The molecule has 5 heteroatoms. The third-order valence-electron chi connectivity index (χ3n) is 4.43. The summed E-state index contributed by atoms with van der Waals surface area (Å²) >= 11 is 0. The van der Waals surface area contributed by atoms with E-state index in [0.29, 0.717) is 17.9 Å². The summed E-state index contributed by atoms with van der Waals surface area (Å²) in [4.78, 5) is 14.6. The van der Waals surface area contributed by atoms with Crippen LogP contribution in [0.1, 0.15) is 15.9 Å². The number of rotatable bonds is 7. The maximum Gasteiger partial charge on any atom is 0.255 e. The zero-order chi connectivity index (χ0) is 19.9. The first-order valence-electron chi connectivity index (χ1n) is 9.11. The fraction of sp³-hybridized carbons (Fsp3) is 0.174. The van der Waals surface area contributed by atoms with Crippen LogP contribution < -0.4 is 20.3 Å². The van der Waals surface area contributed by atoms with E-state index in [-0.39, 0.29) is 5.91 Å². The first kappa shape index (κ1) is 19.3. The van der Waals surface area contributed by atoms with Gasteiger partial charge in [-0.05, 0) is 48.0 Å². The number of hydrogen-bond acceptors (Lipinski definition) is 4. The minimum absolute atomic E-state index is 0.160. The summed E-state index contributed by atoms with van der Waals surface area (Å²) in [6, 6.07) is 23.1. The number of nitrogens with zero attached hydrogens (tertiary/aromatic N) is 1. The second kappa shape index (κ2) is 8.95. The molecule has 0 heterocycles. The van der Waals surface area contributed by atoms with E-state index in [0.717, 1.165) is 22.6 Å². The van der Waals surface area contributed by atoms with E-state index in [1.54, 1.807) is 19.2 Å². The fourth-order valence-corrected chi connectivity index (χ4v) is 2.82. The topological polar surface area (TPSA) is 53.6 Å². The van der Waals surface area contributed by atoms with E-state index in [9.17, 15) is 4.79 Å². The Morgan fingerprint density at radius 1 is 0.964 bits per heavy atom. The molecule has 0 spiro atoms. The van der Waals surface area contributed by atoms with Crippen molar-refractivity contribution in [3.63, 3.8) is 0 Å². The number of methoxy groups -OCH3 is 1. The van der Waals surface area contributed by atoms with Gasteiger partial charge in [0, 0.05) is 37.6 Å². The number of benzene rings is 3. The van der Waals surface area contributed by atoms with Crippen molar-refractivity contribution < 1.29 is 9.53 Å². The van der Waals surface area contributed by atoms with Crippen LogP contribution in [0.15, 0.2) is 72.8 Å². The van der Waals surface area contributed by atoms with Gasteiger partial charge in [-0.15, -0.1) is 0 Å². The molecule has 2 N–H and O–H groups in total. The molecular formula is C23H25N3O2. The SMILES string of the molecule is COc1ccc(C(=O)Nc2ccccc2)cc1NCc1ccc(N(C)C)cc1. The highest BCUT2D eigenvalue weighted by Crippen LogP contribution is 2.27. The van der Waals surface area contributed by atoms with Crippen LogP contribution in [0.3, 0.4) is 0 Å². The van der Waals surface area contributed by atoms with Crippen LogP contribution in [-0.4, -0.2) is 27.1 Å². The van der Waals surface area contributed by atoms with E-state index in [4.69, 9.17) is 4.74 Å². The molecule has 0 aliphatic rings. The Balaban J connectivity index is 1.72. The van der Waals surface area contributed by atoms with Gasteiger partial charge in [-0.1, -0.05) is 30.3 Å². The van der Waals surface area contributed by atoms with Gasteiger partial charge >= 0.3 is 0 Å². The molecule has 3 rings (SSSR count). The highest BCUT2D eigenvalue weighted by molar-refractivity contribution is 6.05. The van der Waals surface area contributed by atoms with Gasteiger partial charge in [0.2, 0.25) is 0 Å². The van der Waals surface area contributed by atoms with E-state index >= 15 is 0 Å². The number of amides is 1. The van der Waals surface area contributed by atoms with Crippen molar-refractivity contribution >= 4 is 23.0 Å². The predicted octanol–water partition coefficient (Wildman–Crippen LogP) is 4.63. The standard InChI is InChI=1S/C23H25N3O2/c1-26(2)20-12-9-17(10-13-20)16-24-21-15-18(11-14-22(21)28-3)23(27)25-19-7-5-4-6-8-19/h4-15,24H,16H2,1-3H3,(H,25,27). The summed E-state index contributed by atoms with van der Waals surface area (Å²) in [5, 5.41) is 6.27. The monoisotopic (exact) mass is 375 g/mol. The zero-order valence-corrected chi connectivity index (χ0v) is 16.4. The Morgan fingerprint density at radius 3 is 2.32 bits per heavy atom. The van der Waals surface area contributed by atoms with E-state index < -0.39 is 0 Å². The number of ether oxygens (including phenoxy) is 1. The number of anilines is 3. The Bertz CT molecular complexity index is 922. The molecule has 0 unspecified atom stereocenters. The second-order valence-electron chi connectivity index (χ2n) is 6.65. The molecule has 0 bridgehead atoms. The highest BCUT2D eigenvalue weighted by atomic mass is 16.5. The lowest BCUT2D eigenvalue weighted by Gasteiger charge is -2.15. The van der Waals surface area contributed by atoms with Crippen molar-refractivity contribution in [2.24, 2.45) is 0 Å². The number of hydrogen-bond donors (Lipinski definition) is 2. The summed E-state index contributed by atoms with van der Waals surface area (Å²) in [6.07, 6.45) is 0. The molecule has 144 valence electrons. The normalized spacial score (nSPS) is 10.2. The van der Waals surface area contributed by atoms with Crippen molar-refractivity contribution in [3.8, 4) is 5.75 Å². The van der Waals surface area contributed by atoms with Crippen LogP contribution in [0.4, 0.5) is 17.1 Å². The van der Waals surface area contributed by atoms with Gasteiger partial charge in [0.1, 0.15) is 5.75 Å². The quantitative estimate of drug-likeness (QED) is 0.632. The summed E-state index contributed by atoms with van der Waals surface area (Å²) in [5.74, 6) is 0.536. The van der Waals surface area contributed by atoms with Crippen LogP contribution in [0.2, 0.25) is 0 Å². The number of carbonyl (C=O) groups is 1. The molecule has 0 saturated heterocycles. The lowest BCUT2D eigenvalue weighted by molar-refractivity contribution is 0.102. The summed E-state index contributed by atoms with van der Waals surface area (Å²) in [5.41, 5.74) is 4.40. The van der Waals surface area contributed by atoms with Gasteiger partial charge in [-0.2, -0.15) is 0 Å². The third-order valence-corrected chi connectivity index (χ3v) is 4.43. The number of nitrogens with one attached hydrogen (secondary N) is 2.